The molecular weight excluding hydrogens is 405 g/mol. The minimum Gasteiger partial charge on any atom is -0.497 e. The molecule has 1 amide bonds. The second-order valence-corrected chi connectivity index (χ2v) is 7.17. The zero-order valence-corrected chi connectivity index (χ0v) is 17.8. The highest BCUT2D eigenvalue weighted by molar-refractivity contribution is 5.85. The minimum atomic E-state index is -0.771. The van der Waals surface area contributed by atoms with E-state index in [1.807, 2.05) is 6.07 Å². The smallest absolute Gasteiger partial charge is 0.328 e. The van der Waals surface area contributed by atoms with E-state index in [1.54, 1.807) is 38.5 Å². The molecule has 1 aliphatic heterocycles. The number of para-hydroxylation sites is 1. The standard InChI is InChI=1S/C23H26FNO6/c1-28-16-10-8-15(21(13-16)29-2)9-11-22(26)25-14-17(12-19(25)23(27)30-3)31-20-7-5-4-6-18(20)24/h4-8,10,13,17,19H,9,11-12,14H2,1-3H3/t17-,19-/m0/s1. The van der Waals surface area contributed by atoms with Crippen LogP contribution in [0, 0.1) is 5.82 Å². The summed E-state index contributed by atoms with van der Waals surface area (Å²) in [6.45, 7) is 0.173. The van der Waals surface area contributed by atoms with Gasteiger partial charge >= 0.3 is 5.97 Å². The lowest BCUT2D eigenvalue weighted by atomic mass is 10.1. The van der Waals surface area contributed by atoms with Crippen LogP contribution in [0.5, 0.6) is 17.2 Å². The van der Waals surface area contributed by atoms with Crippen LogP contribution < -0.4 is 14.2 Å². The normalized spacial score (nSPS) is 17.9. The van der Waals surface area contributed by atoms with Gasteiger partial charge in [-0.2, -0.15) is 0 Å². The van der Waals surface area contributed by atoms with Crippen molar-refractivity contribution in [2.75, 3.05) is 27.9 Å². The highest BCUT2D eigenvalue weighted by Gasteiger charge is 2.41. The molecule has 0 spiro atoms. The fraction of sp³-hybridized carbons (Fsp3) is 0.391. The van der Waals surface area contributed by atoms with Crippen LogP contribution in [0.4, 0.5) is 4.39 Å². The molecule has 0 aromatic heterocycles. The molecule has 0 aliphatic carbocycles. The zero-order valence-electron chi connectivity index (χ0n) is 17.8. The van der Waals surface area contributed by atoms with Crippen molar-refractivity contribution >= 4 is 11.9 Å². The number of carbonyl (C=O) groups is 2. The lowest BCUT2D eigenvalue weighted by Gasteiger charge is -2.22. The van der Waals surface area contributed by atoms with Gasteiger partial charge in [0.25, 0.3) is 0 Å². The molecule has 0 unspecified atom stereocenters. The summed E-state index contributed by atoms with van der Waals surface area (Å²) in [6.07, 6.45) is 0.316. The summed E-state index contributed by atoms with van der Waals surface area (Å²) >= 11 is 0. The molecule has 2 atom stereocenters. The quantitative estimate of drug-likeness (QED) is 0.599. The lowest BCUT2D eigenvalue weighted by molar-refractivity contribution is -0.150. The molecule has 0 N–H and O–H groups in total. The minimum absolute atomic E-state index is 0.0911. The number of methoxy groups -OCH3 is 3. The number of nitrogens with zero attached hydrogens (tertiary/aromatic N) is 1. The van der Waals surface area contributed by atoms with Gasteiger partial charge in [-0.15, -0.1) is 0 Å². The van der Waals surface area contributed by atoms with Crippen molar-refractivity contribution in [1.29, 1.82) is 0 Å². The Hall–Kier alpha value is -3.29. The van der Waals surface area contributed by atoms with Crippen LogP contribution in [-0.4, -0.2) is 56.8 Å². The number of ether oxygens (including phenoxy) is 4. The predicted octanol–water partition coefficient (Wildman–Crippen LogP) is 3.00. The van der Waals surface area contributed by atoms with Gasteiger partial charge in [0.1, 0.15) is 23.6 Å². The number of halogens is 1. The second-order valence-electron chi connectivity index (χ2n) is 7.17. The number of benzene rings is 2. The van der Waals surface area contributed by atoms with Gasteiger partial charge < -0.3 is 23.8 Å². The van der Waals surface area contributed by atoms with Crippen LogP contribution in [0.3, 0.4) is 0 Å². The van der Waals surface area contributed by atoms with Gasteiger partial charge in [-0.3, -0.25) is 4.79 Å². The summed E-state index contributed by atoms with van der Waals surface area (Å²) < 4.78 is 35.1. The van der Waals surface area contributed by atoms with E-state index in [-0.39, 0.29) is 31.0 Å². The number of hydrogen-bond acceptors (Lipinski definition) is 6. The summed E-state index contributed by atoms with van der Waals surface area (Å²) in [5, 5.41) is 0. The highest BCUT2D eigenvalue weighted by atomic mass is 19.1. The molecule has 1 fully saturated rings. The van der Waals surface area contributed by atoms with Gasteiger partial charge in [-0.1, -0.05) is 18.2 Å². The van der Waals surface area contributed by atoms with E-state index in [2.05, 4.69) is 0 Å². The molecule has 166 valence electrons. The van der Waals surface area contributed by atoms with Crippen molar-refractivity contribution in [2.45, 2.75) is 31.4 Å². The Morgan fingerprint density at radius 3 is 2.52 bits per heavy atom. The third-order valence-electron chi connectivity index (χ3n) is 5.29. The Kier molecular flexibility index (Phi) is 7.33. The fourth-order valence-corrected chi connectivity index (χ4v) is 3.68. The van der Waals surface area contributed by atoms with Crippen molar-refractivity contribution in [2.24, 2.45) is 0 Å². The lowest BCUT2D eigenvalue weighted by Crippen LogP contribution is -2.41. The van der Waals surface area contributed by atoms with Crippen molar-refractivity contribution in [3.63, 3.8) is 0 Å². The first-order chi connectivity index (χ1) is 15.0. The molecule has 2 aromatic carbocycles. The van der Waals surface area contributed by atoms with Crippen molar-refractivity contribution in [3.05, 3.63) is 53.8 Å². The molecule has 7 nitrogen and oxygen atoms in total. The average molecular weight is 431 g/mol. The Bertz CT molecular complexity index is 934. The van der Waals surface area contributed by atoms with Crippen LogP contribution in [-0.2, 0) is 20.7 Å². The van der Waals surface area contributed by atoms with E-state index in [0.29, 0.717) is 17.9 Å². The summed E-state index contributed by atoms with van der Waals surface area (Å²) in [4.78, 5) is 26.7. The largest absolute Gasteiger partial charge is 0.497 e. The van der Waals surface area contributed by atoms with E-state index in [1.165, 1.54) is 24.1 Å². The Labute approximate surface area is 180 Å². The van der Waals surface area contributed by atoms with Gasteiger partial charge in [-0.25, -0.2) is 9.18 Å². The molecule has 31 heavy (non-hydrogen) atoms. The second kappa shape index (κ2) is 10.1. The van der Waals surface area contributed by atoms with Gasteiger partial charge in [-0.05, 0) is 30.2 Å². The molecule has 1 aliphatic rings. The van der Waals surface area contributed by atoms with Crippen molar-refractivity contribution in [3.8, 4) is 17.2 Å². The van der Waals surface area contributed by atoms with Crippen LogP contribution in [0.15, 0.2) is 42.5 Å². The molecule has 1 heterocycles. The van der Waals surface area contributed by atoms with Crippen LogP contribution in [0.1, 0.15) is 18.4 Å². The Balaban J connectivity index is 1.69. The number of amides is 1. The summed E-state index contributed by atoms with van der Waals surface area (Å²) in [5.74, 6) is 0.147. The monoisotopic (exact) mass is 431 g/mol. The number of carbonyl (C=O) groups excluding carboxylic acids is 2. The maximum atomic E-state index is 13.9. The number of aryl methyl sites for hydroxylation is 1. The maximum Gasteiger partial charge on any atom is 0.328 e. The third-order valence-corrected chi connectivity index (χ3v) is 5.29. The predicted molar refractivity (Wildman–Crippen MR) is 111 cm³/mol. The molecule has 0 saturated carbocycles. The van der Waals surface area contributed by atoms with Crippen LogP contribution in [0.2, 0.25) is 0 Å². The topological polar surface area (TPSA) is 74.3 Å². The highest BCUT2D eigenvalue weighted by Crippen LogP contribution is 2.28. The van der Waals surface area contributed by atoms with Crippen molar-refractivity contribution < 1.29 is 32.9 Å². The summed E-state index contributed by atoms with van der Waals surface area (Å²) in [5.41, 5.74) is 0.852. The maximum absolute atomic E-state index is 13.9. The Morgan fingerprint density at radius 1 is 1.06 bits per heavy atom. The third kappa shape index (κ3) is 5.25. The molecule has 0 radical (unpaired) electrons. The average Bonchev–Trinajstić information content (AvgIpc) is 3.22. The van der Waals surface area contributed by atoms with Crippen molar-refractivity contribution in [1.82, 2.24) is 4.90 Å². The number of hydrogen-bond donors (Lipinski definition) is 0. The SMILES string of the molecule is COC(=O)[C@@H]1C[C@H](Oc2ccccc2F)CN1C(=O)CCc1ccc(OC)cc1OC. The Morgan fingerprint density at radius 2 is 1.84 bits per heavy atom. The number of esters is 1. The molecule has 0 bridgehead atoms. The molecule has 8 heteroatoms. The zero-order chi connectivity index (χ0) is 22.4. The number of rotatable bonds is 8. The molecular formula is C23H26FNO6. The molecule has 1 saturated heterocycles. The first kappa shape index (κ1) is 22.4. The number of likely N-dealkylation sites (tertiary alicyclic amines) is 1. The first-order valence-corrected chi connectivity index (χ1v) is 9.96. The van der Waals surface area contributed by atoms with Gasteiger partial charge in [0.15, 0.2) is 11.6 Å². The van der Waals surface area contributed by atoms with E-state index in [9.17, 15) is 14.0 Å². The first-order valence-electron chi connectivity index (χ1n) is 9.96. The van der Waals surface area contributed by atoms with E-state index < -0.39 is 23.9 Å². The molecule has 2 aromatic rings. The fourth-order valence-electron chi connectivity index (χ4n) is 3.68. The van der Waals surface area contributed by atoms with Crippen LogP contribution >= 0.6 is 0 Å². The summed E-state index contributed by atoms with van der Waals surface area (Å²) in [6, 6.07) is 10.7. The van der Waals surface area contributed by atoms with Gasteiger partial charge in [0.2, 0.25) is 5.91 Å². The van der Waals surface area contributed by atoms with E-state index in [0.717, 1.165) is 5.56 Å². The summed E-state index contributed by atoms with van der Waals surface area (Å²) in [7, 11) is 4.40. The molecule has 3 rings (SSSR count). The van der Waals surface area contributed by atoms with Crippen LogP contribution in [0.25, 0.3) is 0 Å². The van der Waals surface area contributed by atoms with E-state index >= 15 is 0 Å². The van der Waals surface area contributed by atoms with Gasteiger partial charge in [0.05, 0.1) is 27.9 Å². The van der Waals surface area contributed by atoms with Gasteiger partial charge in [0, 0.05) is 18.9 Å². The van der Waals surface area contributed by atoms with E-state index in [4.69, 9.17) is 18.9 Å².